The molecule has 0 N–H and O–H groups in total. The Morgan fingerprint density at radius 1 is 1.15 bits per heavy atom. The predicted octanol–water partition coefficient (Wildman–Crippen LogP) is 3.88. The number of rotatable bonds is 9. The second-order valence-corrected chi connectivity index (χ2v) is 7.50. The number of aryl methyl sites for hydroxylation is 2. The van der Waals surface area contributed by atoms with Crippen LogP contribution in [-0.4, -0.2) is 26.5 Å². The van der Waals surface area contributed by atoms with Crippen LogP contribution in [0.3, 0.4) is 0 Å². The zero-order valence-electron chi connectivity index (χ0n) is 15.6. The molecule has 0 aliphatic carbocycles. The van der Waals surface area contributed by atoms with Crippen LogP contribution < -0.4 is 5.69 Å². The zero-order chi connectivity index (χ0) is 19.2. The molecule has 0 atom stereocenters. The van der Waals surface area contributed by atoms with E-state index in [0.29, 0.717) is 32.6 Å². The summed E-state index contributed by atoms with van der Waals surface area (Å²) in [5.41, 5.74) is 1.77. The van der Waals surface area contributed by atoms with E-state index in [1.165, 1.54) is 0 Å². The number of benzene rings is 1. The second kappa shape index (κ2) is 8.86. The van der Waals surface area contributed by atoms with Crippen LogP contribution in [0.2, 0.25) is 0 Å². The molecule has 27 heavy (non-hydrogen) atoms. The molecule has 2 aromatic heterocycles. The van der Waals surface area contributed by atoms with E-state index in [9.17, 15) is 9.59 Å². The fourth-order valence-corrected chi connectivity index (χ4v) is 4.01. The highest BCUT2D eigenvalue weighted by atomic mass is 32.1. The molecule has 0 unspecified atom stereocenters. The van der Waals surface area contributed by atoms with Gasteiger partial charge in [-0.3, -0.25) is 13.9 Å². The first kappa shape index (κ1) is 19.2. The third-order valence-corrected chi connectivity index (χ3v) is 5.41. The molecular weight excluding hydrogens is 358 g/mol. The molecule has 1 aromatic carbocycles. The standard InChI is InChI=1S/C21H25N3O2S/c1-3-12-22(16-17-8-7-15-27-17)20(25)11-14-24-19-10-6-5-9-18(19)23(13-4-2)21(24)26/h3,5-10,15H,1,4,11-14,16H2,2H3. The molecule has 0 fully saturated rings. The molecule has 5 nitrogen and oxygen atoms in total. The lowest BCUT2D eigenvalue weighted by atomic mass is 10.3. The fraction of sp³-hybridized carbons (Fsp3) is 0.333. The van der Waals surface area contributed by atoms with Crippen molar-refractivity contribution < 1.29 is 4.79 Å². The molecule has 0 radical (unpaired) electrons. The maximum Gasteiger partial charge on any atom is 0.329 e. The summed E-state index contributed by atoms with van der Waals surface area (Å²) in [5, 5.41) is 2.01. The quantitative estimate of drug-likeness (QED) is 0.527. The van der Waals surface area contributed by atoms with Gasteiger partial charge in [-0.15, -0.1) is 17.9 Å². The van der Waals surface area contributed by atoms with Crippen molar-refractivity contribution in [2.45, 2.75) is 39.4 Å². The Bertz CT molecular complexity index is 969. The number of imidazole rings is 1. The summed E-state index contributed by atoms with van der Waals surface area (Å²) in [6.07, 6.45) is 2.92. The van der Waals surface area contributed by atoms with Gasteiger partial charge in [0, 0.05) is 30.9 Å². The summed E-state index contributed by atoms with van der Waals surface area (Å²) < 4.78 is 3.52. The zero-order valence-corrected chi connectivity index (χ0v) is 16.5. The number of hydrogen-bond acceptors (Lipinski definition) is 3. The highest BCUT2D eigenvalue weighted by molar-refractivity contribution is 7.09. The predicted molar refractivity (Wildman–Crippen MR) is 111 cm³/mol. The summed E-state index contributed by atoms with van der Waals surface area (Å²) >= 11 is 1.64. The van der Waals surface area contributed by atoms with Crippen LogP contribution in [0, 0.1) is 0 Å². The fourth-order valence-electron chi connectivity index (χ4n) is 3.29. The van der Waals surface area contributed by atoms with Crippen molar-refractivity contribution in [3.8, 4) is 0 Å². The van der Waals surface area contributed by atoms with Crippen molar-refractivity contribution in [1.29, 1.82) is 0 Å². The molecule has 0 saturated carbocycles. The van der Waals surface area contributed by atoms with E-state index in [2.05, 4.69) is 13.5 Å². The summed E-state index contributed by atoms with van der Waals surface area (Å²) in [5.74, 6) is 0.0301. The van der Waals surface area contributed by atoms with Crippen LogP contribution in [-0.2, 0) is 24.4 Å². The SMILES string of the molecule is C=CCN(Cc1cccs1)C(=O)CCn1c(=O)n(CCC)c2ccccc21. The highest BCUT2D eigenvalue weighted by Crippen LogP contribution is 2.15. The van der Waals surface area contributed by atoms with Gasteiger partial charge in [-0.05, 0) is 30.0 Å². The summed E-state index contributed by atoms with van der Waals surface area (Å²) in [7, 11) is 0. The summed E-state index contributed by atoms with van der Waals surface area (Å²) in [6, 6.07) is 11.8. The monoisotopic (exact) mass is 383 g/mol. The number of para-hydroxylation sites is 2. The minimum Gasteiger partial charge on any atom is -0.334 e. The maximum atomic E-state index is 12.8. The van der Waals surface area contributed by atoms with Crippen molar-refractivity contribution in [2.24, 2.45) is 0 Å². The minimum atomic E-state index is -0.0422. The molecule has 142 valence electrons. The van der Waals surface area contributed by atoms with Crippen LogP contribution in [0.15, 0.2) is 59.2 Å². The van der Waals surface area contributed by atoms with Gasteiger partial charge in [-0.25, -0.2) is 4.79 Å². The van der Waals surface area contributed by atoms with Crippen LogP contribution in [0.1, 0.15) is 24.6 Å². The molecule has 3 rings (SSSR count). The Kier molecular flexibility index (Phi) is 6.29. The van der Waals surface area contributed by atoms with Crippen LogP contribution >= 0.6 is 11.3 Å². The van der Waals surface area contributed by atoms with Crippen molar-refractivity contribution >= 4 is 28.3 Å². The number of carbonyl (C=O) groups excluding carboxylic acids is 1. The molecule has 0 saturated heterocycles. The number of carbonyl (C=O) groups is 1. The number of hydrogen-bond donors (Lipinski definition) is 0. The molecule has 3 aromatic rings. The van der Waals surface area contributed by atoms with Crippen LogP contribution in [0.5, 0.6) is 0 Å². The Morgan fingerprint density at radius 2 is 1.85 bits per heavy atom. The summed E-state index contributed by atoms with van der Waals surface area (Å²) in [4.78, 5) is 28.5. The lowest BCUT2D eigenvalue weighted by Gasteiger charge is -2.20. The number of thiophene rings is 1. The Morgan fingerprint density at radius 3 is 2.44 bits per heavy atom. The van der Waals surface area contributed by atoms with Crippen molar-refractivity contribution in [3.05, 3.63) is 69.8 Å². The van der Waals surface area contributed by atoms with Gasteiger partial charge in [-0.2, -0.15) is 0 Å². The average molecular weight is 384 g/mol. The first-order valence-electron chi connectivity index (χ1n) is 9.24. The van der Waals surface area contributed by atoms with Crippen LogP contribution in [0.25, 0.3) is 11.0 Å². The Balaban J connectivity index is 1.79. The molecule has 2 heterocycles. The van der Waals surface area contributed by atoms with Crippen molar-refractivity contribution in [1.82, 2.24) is 14.0 Å². The number of fused-ring (bicyclic) bond motifs is 1. The topological polar surface area (TPSA) is 47.2 Å². The van der Waals surface area contributed by atoms with Gasteiger partial charge < -0.3 is 4.90 Å². The molecule has 0 aliphatic rings. The van der Waals surface area contributed by atoms with E-state index < -0.39 is 0 Å². The molecule has 1 amide bonds. The molecule has 6 heteroatoms. The molecule has 0 bridgehead atoms. The van der Waals surface area contributed by atoms with Crippen LogP contribution in [0.4, 0.5) is 0 Å². The lowest BCUT2D eigenvalue weighted by Crippen LogP contribution is -2.32. The third kappa shape index (κ3) is 4.22. The highest BCUT2D eigenvalue weighted by Gasteiger charge is 2.16. The number of nitrogens with zero attached hydrogens (tertiary/aromatic N) is 3. The molecule has 0 aliphatic heterocycles. The largest absolute Gasteiger partial charge is 0.334 e. The van der Waals surface area contributed by atoms with E-state index in [1.807, 2.05) is 41.8 Å². The van der Waals surface area contributed by atoms with Gasteiger partial charge in [0.25, 0.3) is 0 Å². The molecule has 0 spiro atoms. The third-order valence-electron chi connectivity index (χ3n) is 4.55. The van der Waals surface area contributed by atoms with E-state index in [1.54, 1.807) is 31.4 Å². The Labute approximate surface area is 163 Å². The number of amides is 1. The first-order valence-corrected chi connectivity index (χ1v) is 10.1. The van der Waals surface area contributed by atoms with Gasteiger partial charge >= 0.3 is 5.69 Å². The summed E-state index contributed by atoms with van der Waals surface area (Å²) in [6.45, 7) is 7.96. The van der Waals surface area contributed by atoms with E-state index in [0.717, 1.165) is 22.3 Å². The normalized spacial score (nSPS) is 11.0. The second-order valence-electron chi connectivity index (χ2n) is 6.47. The maximum absolute atomic E-state index is 12.8. The average Bonchev–Trinajstić information content (AvgIpc) is 3.27. The van der Waals surface area contributed by atoms with Gasteiger partial charge in [-0.1, -0.05) is 31.2 Å². The number of aromatic nitrogens is 2. The van der Waals surface area contributed by atoms with Crippen molar-refractivity contribution in [2.75, 3.05) is 6.54 Å². The first-order chi connectivity index (χ1) is 13.2. The van der Waals surface area contributed by atoms with E-state index >= 15 is 0 Å². The van der Waals surface area contributed by atoms with E-state index in [-0.39, 0.29) is 11.6 Å². The minimum absolute atomic E-state index is 0.0301. The van der Waals surface area contributed by atoms with Gasteiger partial charge in [0.05, 0.1) is 17.6 Å². The van der Waals surface area contributed by atoms with Gasteiger partial charge in [0.15, 0.2) is 0 Å². The Hall–Kier alpha value is -2.60. The van der Waals surface area contributed by atoms with Gasteiger partial charge in [0.2, 0.25) is 5.91 Å². The van der Waals surface area contributed by atoms with Gasteiger partial charge in [0.1, 0.15) is 0 Å². The van der Waals surface area contributed by atoms with Crippen molar-refractivity contribution in [3.63, 3.8) is 0 Å². The van der Waals surface area contributed by atoms with E-state index in [4.69, 9.17) is 0 Å². The molecular formula is C21H25N3O2S. The lowest BCUT2D eigenvalue weighted by molar-refractivity contribution is -0.131. The smallest absolute Gasteiger partial charge is 0.329 e.